The highest BCUT2D eigenvalue weighted by molar-refractivity contribution is 7.98. The normalized spacial score (nSPS) is 14.4. The van der Waals surface area contributed by atoms with E-state index in [1.54, 1.807) is 6.07 Å². The summed E-state index contributed by atoms with van der Waals surface area (Å²) in [5.74, 6) is -0.972. The average molecular weight is 438 g/mol. The second-order valence-electron chi connectivity index (χ2n) is 7.61. The zero-order valence-electron chi connectivity index (χ0n) is 16.0. The van der Waals surface area contributed by atoms with Crippen LogP contribution in [0.3, 0.4) is 0 Å². The monoisotopic (exact) mass is 437 g/mol. The smallest absolute Gasteiger partial charge is 0.191 e. The fourth-order valence-corrected chi connectivity index (χ4v) is 4.32. The third kappa shape index (κ3) is 4.76. The predicted octanol–water partition coefficient (Wildman–Crippen LogP) is 4.41. The minimum absolute atomic E-state index is 0.0819. The molecule has 154 valence electrons. The quantitative estimate of drug-likeness (QED) is 0.356. The summed E-state index contributed by atoms with van der Waals surface area (Å²) in [5.41, 5.74) is 0.191. The summed E-state index contributed by atoms with van der Waals surface area (Å²) in [6, 6.07) is 4.57. The van der Waals surface area contributed by atoms with Gasteiger partial charge in [0.2, 0.25) is 0 Å². The summed E-state index contributed by atoms with van der Waals surface area (Å²) < 4.78 is 28.2. The van der Waals surface area contributed by atoms with Crippen molar-refractivity contribution in [2.24, 2.45) is 0 Å². The minimum atomic E-state index is -0.873. The Labute approximate surface area is 175 Å². The van der Waals surface area contributed by atoms with Gasteiger partial charge in [-0.25, -0.2) is 18.7 Å². The molecule has 1 saturated carbocycles. The molecule has 0 saturated heterocycles. The lowest BCUT2D eigenvalue weighted by molar-refractivity contribution is 0.234. The molecule has 3 aromatic rings. The molecule has 0 bridgehead atoms. The van der Waals surface area contributed by atoms with E-state index in [1.165, 1.54) is 29.2 Å². The SMILES string of the molecule is CC(C)(CO)Nc1nc(SCc2cccc(F)c2F)nc2nc(NC3CC3)sc12. The van der Waals surface area contributed by atoms with E-state index in [9.17, 15) is 13.9 Å². The van der Waals surface area contributed by atoms with Crippen LogP contribution in [-0.4, -0.2) is 38.2 Å². The molecule has 1 aliphatic rings. The first-order chi connectivity index (χ1) is 13.8. The van der Waals surface area contributed by atoms with Crippen molar-refractivity contribution >= 4 is 44.4 Å². The van der Waals surface area contributed by atoms with Crippen LogP contribution in [0.1, 0.15) is 32.3 Å². The first-order valence-corrected chi connectivity index (χ1v) is 11.0. The van der Waals surface area contributed by atoms with Gasteiger partial charge in [0, 0.05) is 17.4 Å². The van der Waals surface area contributed by atoms with Crippen LogP contribution >= 0.6 is 23.1 Å². The molecule has 29 heavy (non-hydrogen) atoms. The second kappa shape index (κ2) is 8.00. The molecule has 1 aromatic carbocycles. The van der Waals surface area contributed by atoms with Crippen molar-refractivity contribution in [3.05, 3.63) is 35.4 Å². The first-order valence-electron chi connectivity index (χ1n) is 9.24. The molecule has 1 aliphatic carbocycles. The van der Waals surface area contributed by atoms with Gasteiger partial charge in [-0.3, -0.25) is 0 Å². The number of hydrogen-bond donors (Lipinski definition) is 3. The number of anilines is 2. The van der Waals surface area contributed by atoms with E-state index in [0.29, 0.717) is 22.7 Å². The van der Waals surface area contributed by atoms with Crippen LogP contribution < -0.4 is 10.6 Å². The minimum Gasteiger partial charge on any atom is -0.394 e. The van der Waals surface area contributed by atoms with E-state index in [-0.39, 0.29) is 17.9 Å². The number of thiazole rings is 1. The van der Waals surface area contributed by atoms with Crippen LogP contribution in [0.25, 0.3) is 10.3 Å². The summed E-state index contributed by atoms with van der Waals surface area (Å²) >= 11 is 2.67. The summed E-state index contributed by atoms with van der Waals surface area (Å²) in [7, 11) is 0. The number of aliphatic hydroxyl groups is 1. The highest BCUT2D eigenvalue weighted by atomic mass is 32.2. The molecule has 0 amide bonds. The van der Waals surface area contributed by atoms with E-state index >= 15 is 0 Å². The number of aliphatic hydroxyl groups excluding tert-OH is 1. The number of hydrogen-bond acceptors (Lipinski definition) is 8. The molecule has 3 N–H and O–H groups in total. The van der Waals surface area contributed by atoms with Crippen molar-refractivity contribution in [1.29, 1.82) is 0 Å². The van der Waals surface area contributed by atoms with Crippen LogP contribution in [0.4, 0.5) is 19.7 Å². The number of nitrogens with one attached hydrogen (secondary N) is 2. The highest BCUT2D eigenvalue weighted by Crippen LogP contribution is 2.36. The average Bonchev–Trinajstić information content (AvgIpc) is 3.39. The van der Waals surface area contributed by atoms with Crippen LogP contribution in [0.5, 0.6) is 0 Å². The van der Waals surface area contributed by atoms with Crippen molar-refractivity contribution in [3.8, 4) is 0 Å². The number of nitrogens with zero attached hydrogens (tertiary/aromatic N) is 3. The van der Waals surface area contributed by atoms with Crippen molar-refractivity contribution in [1.82, 2.24) is 15.0 Å². The van der Waals surface area contributed by atoms with Gasteiger partial charge in [0.25, 0.3) is 0 Å². The largest absolute Gasteiger partial charge is 0.394 e. The van der Waals surface area contributed by atoms with Gasteiger partial charge in [-0.15, -0.1) is 0 Å². The van der Waals surface area contributed by atoms with Gasteiger partial charge in [0.1, 0.15) is 4.70 Å². The fourth-order valence-electron chi connectivity index (χ4n) is 2.58. The maximum atomic E-state index is 13.9. The van der Waals surface area contributed by atoms with Crippen molar-refractivity contribution in [2.45, 2.75) is 49.2 Å². The summed E-state index contributed by atoms with van der Waals surface area (Å²) in [4.78, 5) is 13.6. The Morgan fingerprint density at radius 3 is 2.76 bits per heavy atom. The molecule has 4 rings (SSSR count). The number of rotatable bonds is 8. The predicted molar refractivity (Wildman–Crippen MR) is 113 cm³/mol. The Kier molecular flexibility index (Phi) is 5.58. The van der Waals surface area contributed by atoms with Gasteiger partial charge < -0.3 is 15.7 Å². The number of thioether (sulfide) groups is 1. The Balaban J connectivity index is 1.64. The lowest BCUT2D eigenvalue weighted by Crippen LogP contribution is -2.35. The van der Waals surface area contributed by atoms with Gasteiger partial charge in [0.05, 0.1) is 12.1 Å². The third-order valence-electron chi connectivity index (χ3n) is 4.38. The van der Waals surface area contributed by atoms with Gasteiger partial charge in [-0.05, 0) is 32.8 Å². The molecule has 6 nitrogen and oxygen atoms in total. The molecule has 2 aromatic heterocycles. The van der Waals surface area contributed by atoms with Crippen molar-refractivity contribution in [3.63, 3.8) is 0 Å². The van der Waals surface area contributed by atoms with Crippen LogP contribution in [0.2, 0.25) is 0 Å². The van der Waals surface area contributed by atoms with Crippen LogP contribution in [0.15, 0.2) is 23.4 Å². The van der Waals surface area contributed by atoms with Crippen molar-refractivity contribution < 1.29 is 13.9 Å². The van der Waals surface area contributed by atoms with Gasteiger partial charge in [-0.1, -0.05) is 35.2 Å². The summed E-state index contributed by atoms with van der Waals surface area (Å²) in [6.07, 6.45) is 2.26. The molecule has 1 fully saturated rings. The lowest BCUT2D eigenvalue weighted by atomic mass is 10.1. The van der Waals surface area contributed by atoms with E-state index in [1.807, 2.05) is 13.8 Å². The van der Waals surface area contributed by atoms with E-state index in [4.69, 9.17) is 0 Å². The number of halogens is 2. The molecule has 0 spiro atoms. The van der Waals surface area contributed by atoms with Crippen LogP contribution in [-0.2, 0) is 5.75 Å². The van der Waals surface area contributed by atoms with Gasteiger partial charge in [-0.2, -0.15) is 4.98 Å². The second-order valence-corrected chi connectivity index (χ2v) is 9.56. The van der Waals surface area contributed by atoms with E-state index in [2.05, 4.69) is 25.6 Å². The summed E-state index contributed by atoms with van der Waals surface area (Å²) in [5, 5.41) is 17.4. The highest BCUT2D eigenvalue weighted by Gasteiger charge is 2.25. The Bertz CT molecular complexity index is 1040. The zero-order valence-corrected chi connectivity index (χ0v) is 17.6. The van der Waals surface area contributed by atoms with E-state index in [0.717, 1.165) is 28.7 Å². The standard InChI is InChI=1S/C19H21F2N5OS2/c1-19(2,9-27)26-16-14-15(24-18(29-14)22-11-6-7-11)23-17(25-16)28-8-10-4-3-5-12(20)13(10)21/h3-5,11,27H,6-9H2,1-2H3,(H2,22,23,24,25,26). The molecule has 10 heteroatoms. The Morgan fingerprint density at radius 2 is 2.03 bits per heavy atom. The van der Waals surface area contributed by atoms with Crippen LogP contribution in [0, 0.1) is 11.6 Å². The molecule has 0 atom stereocenters. The Hall–Kier alpha value is -2.04. The van der Waals surface area contributed by atoms with Gasteiger partial charge in [0.15, 0.2) is 33.4 Å². The maximum Gasteiger partial charge on any atom is 0.191 e. The maximum absolute atomic E-state index is 13.9. The topological polar surface area (TPSA) is 83.0 Å². The fraction of sp³-hybridized carbons (Fsp3) is 0.421. The molecule has 0 unspecified atom stereocenters. The zero-order chi connectivity index (χ0) is 20.6. The molecule has 0 aliphatic heterocycles. The lowest BCUT2D eigenvalue weighted by Gasteiger charge is -2.24. The van der Waals surface area contributed by atoms with Gasteiger partial charge >= 0.3 is 0 Å². The number of benzene rings is 1. The molecular weight excluding hydrogens is 416 g/mol. The summed E-state index contributed by atoms with van der Waals surface area (Å²) in [6.45, 7) is 3.64. The van der Waals surface area contributed by atoms with E-state index < -0.39 is 17.2 Å². The molecular formula is C19H21F2N5OS2. The first kappa shape index (κ1) is 20.2. The number of aromatic nitrogens is 3. The Morgan fingerprint density at radius 1 is 1.24 bits per heavy atom. The molecule has 2 heterocycles. The van der Waals surface area contributed by atoms with Crippen molar-refractivity contribution in [2.75, 3.05) is 17.2 Å². The number of fused-ring (bicyclic) bond motifs is 1. The third-order valence-corrected chi connectivity index (χ3v) is 6.26. The molecule has 0 radical (unpaired) electrons.